The molecule has 2 aromatic rings. The molecule has 2 rings (SSSR count). The first-order chi connectivity index (χ1) is 7.76. The Bertz CT molecular complexity index is 525. The van der Waals surface area contributed by atoms with Crippen LogP contribution in [0.4, 0.5) is 0 Å². The highest BCUT2D eigenvalue weighted by Gasteiger charge is 2.10. The summed E-state index contributed by atoms with van der Waals surface area (Å²) in [7, 11) is 0. The SMILES string of the molecule is CCn1c(-c2cnc(CSC)s2)n[nH]c1=S. The second-order valence-corrected chi connectivity index (χ2v) is 5.52. The van der Waals surface area contributed by atoms with Gasteiger partial charge >= 0.3 is 0 Å². The van der Waals surface area contributed by atoms with E-state index < -0.39 is 0 Å². The smallest absolute Gasteiger partial charge is 0.195 e. The first kappa shape index (κ1) is 11.8. The Morgan fingerprint density at radius 1 is 1.62 bits per heavy atom. The number of aromatic amines is 1. The van der Waals surface area contributed by atoms with Gasteiger partial charge in [-0.3, -0.25) is 9.67 Å². The summed E-state index contributed by atoms with van der Waals surface area (Å²) in [4.78, 5) is 5.43. The fourth-order valence-electron chi connectivity index (χ4n) is 1.40. The second kappa shape index (κ2) is 5.11. The van der Waals surface area contributed by atoms with Crippen LogP contribution in [-0.4, -0.2) is 26.0 Å². The number of nitrogens with zero attached hydrogens (tertiary/aromatic N) is 3. The van der Waals surface area contributed by atoms with Gasteiger partial charge in [-0.05, 0) is 25.4 Å². The standard InChI is InChI=1S/C9H12N4S3/c1-3-13-8(11-12-9(13)14)6-4-10-7(16-6)5-15-2/h4H,3,5H2,1-2H3,(H,12,14). The van der Waals surface area contributed by atoms with Gasteiger partial charge in [-0.25, -0.2) is 4.98 Å². The van der Waals surface area contributed by atoms with E-state index in [0.717, 1.165) is 28.0 Å². The van der Waals surface area contributed by atoms with Gasteiger partial charge in [-0.2, -0.15) is 16.9 Å². The minimum absolute atomic E-state index is 0.664. The molecule has 0 radical (unpaired) electrons. The highest BCUT2D eigenvalue weighted by atomic mass is 32.2. The normalized spacial score (nSPS) is 10.9. The van der Waals surface area contributed by atoms with Gasteiger partial charge in [0.1, 0.15) is 5.01 Å². The molecule has 0 bridgehead atoms. The maximum atomic E-state index is 5.16. The molecule has 0 aliphatic carbocycles. The molecule has 0 aliphatic rings. The molecule has 0 aliphatic heterocycles. The number of nitrogens with one attached hydrogen (secondary N) is 1. The van der Waals surface area contributed by atoms with Crippen molar-refractivity contribution in [1.29, 1.82) is 0 Å². The topological polar surface area (TPSA) is 46.5 Å². The Kier molecular flexibility index (Phi) is 3.78. The summed E-state index contributed by atoms with van der Waals surface area (Å²) in [6.45, 7) is 2.87. The maximum Gasteiger partial charge on any atom is 0.195 e. The van der Waals surface area contributed by atoms with E-state index in [2.05, 4.69) is 28.4 Å². The van der Waals surface area contributed by atoms with Crippen molar-refractivity contribution >= 4 is 35.3 Å². The average molecular weight is 272 g/mol. The van der Waals surface area contributed by atoms with E-state index in [1.54, 1.807) is 23.1 Å². The maximum absolute atomic E-state index is 5.16. The lowest BCUT2D eigenvalue weighted by Gasteiger charge is -1.98. The van der Waals surface area contributed by atoms with E-state index in [0.29, 0.717) is 4.77 Å². The fourth-order valence-corrected chi connectivity index (χ4v) is 3.29. The zero-order chi connectivity index (χ0) is 11.5. The molecular weight excluding hydrogens is 260 g/mol. The van der Waals surface area contributed by atoms with E-state index in [1.165, 1.54) is 0 Å². The van der Waals surface area contributed by atoms with Gasteiger partial charge in [0.15, 0.2) is 10.6 Å². The van der Waals surface area contributed by atoms with Crippen molar-refractivity contribution in [3.8, 4) is 10.7 Å². The molecule has 0 aromatic carbocycles. The van der Waals surface area contributed by atoms with Gasteiger partial charge in [0.25, 0.3) is 0 Å². The third-order valence-electron chi connectivity index (χ3n) is 2.12. The third-order valence-corrected chi connectivity index (χ3v) is 4.17. The van der Waals surface area contributed by atoms with Crippen molar-refractivity contribution < 1.29 is 0 Å². The molecule has 2 heterocycles. The summed E-state index contributed by atoms with van der Waals surface area (Å²) in [5.74, 6) is 1.83. The molecule has 7 heteroatoms. The van der Waals surface area contributed by atoms with Crippen molar-refractivity contribution in [1.82, 2.24) is 19.7 Å². The van der Waals surface area contributed by atoms with E-state index >= 15 is 0 Å². The lowest BCUT2D eigenvalue weighted by Crippen LogP contribution is -1.96. The molecule has 0 amide bonds. The molecule has 86 valence electrons. The van der Waals surface area contributed by atoms with Crippen LogP contribution in [0.5, 0.6) is 0 Å². The van der Waals surface area contributed by atoms with Crippen LogP contribution in [-0.2, 0) is 12.3 Å². The molecule has 1 N–H and O–H groups in total. The summed E-state index contributed by atoms with van der Waals surface area (Å²) in [5, 5.41) is 8.18. The molecule has 4 nitrogen and oxygen atoms in total. The van der Waals surface area contributed by atoms with Crippen LogP contribution in [0.3, 0.4) is 0 Å². The molecule has 16 heavy (non-hydrogen) atoms. The number of aromatic nitrogens is 4. The van der Waals surface area contributed by atoms with Crippen molar-refractivity contribution in [3.05, 3.63) is 16.0 Å². The lowest BCUT2D eigenvalue weighted by atomic mass is 10.5. The summed E-state index contributed by atoms with van der Waals surface area (Å²) < 4.78 is 2.64. The fraction of sp³-hybridized carbons (Fsp3) is 0.444. The van der Waals surface area contributed by atoms with E-state index in [-0.39, 0.29) is 0 Å². The lowest BCUT2D eigenvalue weighted by molar-refractivity contribution is 0.756. The van der Waals surface area contributed by atoms with Crippen LogP contribution in [0.15, 0.2) is 6.20 Å². The number of hydrogen-bond acceptors (Lipinski definition) is 5. The molecule has 0 spiro atoms. The number of hydrogen-bond donors (Lipinski definition) is 1. The highest BCUT2D eigenvalue weighted by Crippen LogP contribution is 2.26. The van der Waals surface area contributed by atoms with Gasteiger partial charge in [-0.15, -0.1) is 11.3 Å². The van der Waals surface area contributed by atoms with E-state index in [4.69, 9.17) is 12.2 Å². The van der Waals surface area contributed by atoms with Crippen LogP contribution in [0, 0.1) is 4.77 Å². The summed E-state index contributed by atoms with van der Waals surface area (Å²) in [6, 6.07) is 0. The Hall–Kier alpha value is -0.660. The van der Waals surface area contributed by atoms with Crippen LogP contribution < -0.4 is 0 Å². The van der Waals surface area contributed by atoms with E-state index in [9.17, 15) is 0 Å². The van der Waals surface area contributed by atoms with Crippen molar-refractivity contribution in [3.63, 3.8) is 0 Å². The number of H-pyrrole nitrogens is 1. The Morgan fingerprint density at radius 2 is 2.44 bits per heavy atom. The van der Waals surface area contributed by atoms with Crippen molar-refractivity contribution in [2.45, 2.75) is 19.2 Å². The zero-order valence-electron chi connectivity index (χ0n) is 9.06. The van der Waals surface area contributed by atoms with Gasteiger partial charge in [0, 0.05) is 18.5 Å². The molecule has 0 saturated carbocycles. The molecule has 0 unspecified atom stereocenters. The predicted octanol–water partition coefficient (Wildman–Crippen LogP) is 2.95. The van der Waals surface area contributed by atoms with Gasteiger partial charge in [0.2, 0.25) is 0 Å². The predicted molar refractivity (Wildman–Crippen MR) is 71.4 cm³/mol. The van der Waals surface area contributed by atoms with Crippen molar-refractivity contribution in [2.75, 3.05) is 6.26 Å². The monoisotopic (exact) mass is 272 g/mol. The van der Waals surface area contributed by atoms with Crippen LogP contribution in [0.25, 0.3) is 10.7 Å². The summed E-state index contributed by atoms with van der Waals surface area (Å²) in [6.07, 6.45) is 3.94. The minimum Gasteiger partial charge on any atom is -0.300 e. The van der Waals surface area contributed by atoms with Crippen LogP contribution >= 0.6 is 35.3 Å². The zero-order valence-corrected chi connectivity index (χ0v) is 11.5. The molecule has 0 saturated heterocycles. The summed E-state index contributed by atoms with van der Waals surface area (Å²) in [5.41, 5.74) is 0. The number of rotatable bonds is 4. The molecule has 2 aromatic heterocycles. The van der Waals surface area contributed by atoms with Crippen molar-refractivity contribution in [2.24, 2.45) is 0 Å². The van der Waals surface area contributed by atoms with E-state index in [1.807, 2.05) is 10.8 Å². The second-order valence-electron chi connectivity index (χ2n) is 3.15. The first-order valence-corrected chi connectivity index (χ1v) is 7.47. The first-order valence-electron chi connectivity index (χ1n) is 4.85. The van der Waals surface area contributed by atoms with Gasteiger partial charge in [0.05, 0.1) is 4.88 Å². The molecule has 0 atom stereocenters. The van der Waals surface area contributed by atoms with Gasteiger partial charge in [-0.1, -0.05) is 0 Å². The average Bonchev–Trinajstić information content (AvgIpc) is 2.85. The minimum atomic E-state index is 0.664. The number of thioether (sulfide) groups is 1. The number of thiazole rings is 1. The van der Waals surface area contributed by atoms with Crippen LogP contribution in [0.1, 0.15) is 11.9 Å². The Balaban J connectivity index is 2.38. The van der Waals surface area contributed by atoms with Gasteiger partial charge < -0.3 is 0 Å². The molecular formula is C9H12N4S3. The highest BCUT2D eigenvalue weighted by molar-refractivity contribution is 7.97. The largest absolute Gasteiger partial charge is 0.300 e. The Morgan fingerprint density at radius 3 is 3.12 bits per heavy atom. The quantitative estimate of drug-likeness (QED) is 0.869. The Labute approximate surface area is 107 Å². The third kappa shape index (κ3) is 2.21. The molecule has 0 fully saturated rings. The summed E-state index contributed by atoms with van der Waals surface area (Å²) >= 11 is 8.60. The van der Waals surface area contributed by atoms with Crippen LogP contribution in [0.2, 0.25) is 0 Å².